The summed E-state index contributed by atoms with van der Waals surface area (Å²) in [7, 11) is 0. The highest BCUT2D eigenvalue weighted by atomic mass is 19.3. The number of amides is 1. The van der Waals surface area contributed by atoms with Crippen LogP contribution in [0.3, 0.4) is 0 Å². The molecule has 1 unspecified atom stereocenters. The van der Waals surface area contributed by atoms with E-state index in [9.17, 15) is 27.5 Å². The molecular formula is C21H19F4N3O2. The van der Waals surface area contributed by atoms with Crippen LogP contribution >= 0.6 is 0 Å². The van der Waals surface area contributed by atoms with E-state index >= 15 is 0 Å². The molecule has 1 saturated heterocycles. The molecule has 0 saturated carbocycles. The normalized spacial score (nSPS) is 20.1. The number of alkyl halides is 2. The summed E-state index contributed by atoms with van der Waals surface area (Å²) in [6.07, 6.45) is -3.67. The number of nitrogens with zero attached hydrogens (tertiary/aromatic N) is 2. The highest BCUT2D eigenvalue weighted by Gasteiger charge is 2.48. The number of aromatic nitrogens is 2. The molecule has 0 radical (unpaired) electrons. The third kappa shape index (κ3) is 3.43. The number of hydrogen-bond acceptors (Lipinski definition) is 3. The molecule has 1 amide bonds. The van der Waals surface area contributed by atoms with Crippen LogP contribution in [-0.2, 0) is 11.2 Å². The number of benzene rings is 2. The number of aromatic amines is 1. The van der Waals surface area contributed by atoms with Crippen molar-refractivity contribution in [1.82, 2.24) is 9.97 Å². The first kappa shape index (κ1) is 20.3. The zero-order valence-electron chi connectivity index (χ0n) is 15.9. The lowest BCUT2D eigenvalue weighted by Gasteiger charge is -2.46. The number of nitrogens with one attached hydrogen (secondary N) is 1. The maximum atomic E-state index is 14.9. The third-order valence-electron chi connectivity index (χ3n) is 5.52. The molecule has 9 heteroatoms. The molecule has 1 aliphatic rings. The molecule has 0 aliphatic carbocycles. The first-order chi connectivity index (χ1) is 14.3. The van der Waals surface area contributed by atoms with Gasteiger partial charge in [-0.3, -0.25) is 4.79 Å². The number of β-lactam (4-membered cyclic amide) rings is 1. The van der Waals surface area contributed by atoms with Crippen molar-refractivity contribution in [3.63, 3.8) is 0 Å². The standard InChI is InChI=1S/C21H19F4N3O2/c1-10-19(28(21(10)30)12-3-4-15-16(8-12)27-9-26-15)18-13(22)6-11(7-14(18)23)2-5-17(29)20(24)25/h3-4,6-10,17,19-20,29H,2,5H2,1H3,(H,26,27)/t10-,17?,19-/m1/s1. The van der Waals surface area contributed by atoms with Crippen LogP contribution in [0, 0.1) is 17.6 Å². The van der Waals surface area contributed by atoms with Gasteiger partial charge in [0.2, 0.25) is 5.91 Å². The number of imidazole rings is 1. The zero-order valence-corrected chi connectivity index (χ0v) is 15.9. The van der Waals surface area contributed by atoms with E-state index in [-0.39, 0.29) is 29.9 Å². The average molecular weight is 421 g/mol. The molecule has 4 rings (SSSR count). The Bertz CT molecular complexity index is 1080. The molecule has 3 atom stereocenters. The number of carbonyl (C=O) groups excluding carboxylic acids is 1. The van der Waals surface area contributed by atoms with Gasteiger partial charge in [-0.25, -0.2) is 22.5 Å². The van der Waals surface area contributed by atoms with E-state index < -0.39 is 36.1 Å². The van der Waals surface area contributed by atoms with Gasteiger partial charge in [0.25, 0.3) is 6.43 Å². The molecule has 158 valence electrons. The summed E-state index contributed by atoms with van der Waals surface area (Å²) >= 11 is 0. The van der Waals surface area contributed by atoms with E-state index in [4.69, 9.17) is 0 Å². The van der Waals surface area contributed by atoms with Crippen molar-refractivity contribution in [3.05, 3.63) is 59.4 Å². The molecule has 0 bridgehead atoms. The lowest BCUT2D eigenvalue weighted by Crippen LogP contribution is -2.54. The van der Waals surface area contributed by atoms with Crippen LogP contribution in [0.25, 0.3) is 11.0 Å². The van der Waals surface area contributed by atoms with Gasteiger partial charge < -0.3 is 15.0 Å². The maximum Gasteiger partial charge on any atom is 0.264 e. The number of hydrogen-bond donors (Lipinski definition) is 2. The van der Waals surface area contributed by atoms with E-state index in [1.54, 1.807) is 25.1 Å². The van der Waals surface area contributed by atoms with Gasteiger partial charge in [0.15, 0.2) is 0 Å². The monoisotopic (exact) mass is 421 g/mol. The van der Waals surface area contributed by atoms with Crippen molar-refractivity contribution in [3.8, 4) is 0 Å². The van der Waals surface area contributed by atoms with E-state index in [2.05, 4.69) is 9.97 Å². The van der Waals surface area contributed by atoms with Gasteiger partial charge in [-0.1, -0.05) is 6.92 Å². The van der Waals surface area contributed by atoms with Crippen LogP contribution in [0.2, 0.25) is 0 Å². The second-order valence-electron chi connectivity index (χ2n) is 7.46. The first-order valence-electron chi connectivity index (χ1n) is 9.48. The average Bonchev–Trinajstić information content (AvgIpc) is 3.18. The number of aliphatic hydroxyl groups is 1. The number of carbonyl (C=O) groups is 1. The minimum atomic E-state index is -2.92. The molecule has 2 heterocycles. The summed E-state index contributed by atoms with van der Waals surface area (Å²) in [5.74, 6) is -2.60. The van der Waals surface area contributed by atoms with Gasteiger partial charge in [-0.2, -0.15) is 0 Å². The highest BCUT2D eigenvalue weighted by Crippen LogP contribution is 2.45. The summed E-state index contributed by atoms with van der Waals surface area (Å²) in [5.41, 5.74) is 1.78. The minimum Gasteiger partial charge on any atom is -0.387 e. The molecule has 2 aromatic carbocycles. The molecule has 3 aromatic rings. The predicted molar refractivity (Wildman–Crippen MR) is 102 cm³/mol. The number of fused-ring (bicyclic) bond motifs is 1. The highest BCUT2D eigenvalue weighted by molar-refractivity contribution is 6.04. The molecule has 1 aromatic heterocycles. The third-order valence-corrected chi connectivity index (χ3v) is 5.52. The lowest BCUT2D eigenvalue weighted by molar-refractivity contribution is -0.129. The van der Waals surface area contributed by atoms with Gasteiger partial charge in [0.1, 0.15) is 17.7 Å². The molecule has 1 aliphatic heterocycles. The topological polar surface area (TPSA) is 69.2 Å². The van der Waals surface area contributed by atoms with Gasteiger partial charge >= 0.3 is 0 Å². The number of aliphatic hydroxyl groups excluding tert-OH is 1. The Balaban J connectivity index is 1.63. The maximum absolute atomic E-state index is 14.9. The molecule has 2 N–H and O–H groups in total. The summed E-state index contributed by atoms with van der Waals surface area (Å²) < 4.78 is 54.6. The molecule has 1 fully saturated rings. The number of halogens is 4. The summed E-state index contributed by atoms with van der Waals surface area (Å²) in [6, 6.07) is 6.37. The Labute approximate surface area is 169 Å². The van der Waals surface area contributed by atoms with Crippen LogP contribution in [0.1, 0.15) is 30.5 Å². The van der Waals surface area contributed by atoms with Crippen LogP contribution < -0.4 is 4.90 Å². The Morgan fingerprint density at radius 3 is 2.57 bits per heavy atom. The molecule has 30 heavy (non-hydrogen) atoms. The Kier molecular flexibility index (Phi) is 5.23. The van der Waals surface area contributed by atoms with Gasteiger partial charge in [-0.15, -0.1) is 0 Å². The SMILES string of the molecule is C[C@H]1C(=O)N(c2ccc3[nH]cnc3c2)[C@H]1c1c(F)cc(CCC(O)C(F)F)cc1F. The Hall–Kier alpha value is -2.94. The second kappa shape index (κ2) is 7.71. The van der Waals surface area contributed by atoms with Crippen molar-refractivity contribution < 1.29 is 27.5 Å². The minimum absolute atomic E-state index is 0.0989. The largest absolute Gasteiger partial charge is 0.387 e. The van der Waals surface area contributed by atoms with Crippen molar-refractivity contribution in [2.24, 2.45) is 5.92 Å². The van der Waals surface area contributed by atoms with Gasteiger partial charge in [0, 0.05) is 11.3 Å². The first-order valence-corrected chi connectivity index (χ1v) is 9.48. The summed E-state index contributed by atoms with van der Waals surface area (Å²) in [6.45, 7) is 1.60. The van der Waals surface area contributed by atoms with Crippen molar-refractivity contribution in [2.75, 3.05) is 4.90 Å². The van der Waals surface area contributed by atoms with E-state index in [0.29, 0.717) is 11.2 Å². The van der Waals surface area contributed by atoms with Crippen molar-refractivity contribution >= 4 is 22.6 Å². The van der Waals surface area contributed by atoms with Crippen LogP contribution in [0.15, 0.2) is 36.7 Å². The van der Waals surface area contributed by atoms with Gasteiger partial charge in [0.05, 0.1) is 29.3 Å². The molecule has 0 spiro atoms. The molecular weight excluding hydrogens is 402 g/mol. The second-order valence-corrected chi connectivity index (χ2v) is 7.46. The molecule has 5 nitrogen and oxygen atoms in total. The van der Waals surface area contributed by atoms with Gasteiger partial charge in [-0.05, 0) is 48.7 Å². The van der Waals surface area contributed by atoms with Crippen LogP contribution in [-0.4, -0.2) is 33.5 Å². The Morgan fingerprint density at radius 1 is 1.20 bits per heavy atom. The fourth-order valence-corrected chi connectivity index (χ4v) is 3.87. The predicted octanol–water partition coefficient (Wildman–Crippen LogP) is 4.12. The van der Waals surface area contributed by atoms with E-state index in [1.165, 1.54) is 11.2 Å². The number of aryl methyl sites for hydroxylation is 1. The number of rotatable bonds is 6. The van der Waals surface area contributed by atoms with E-state index in [1.807, 2.05) is 0 Å². The smallest absolute Gasteiger partial charge is 0.264 e. The quantitative estimate of drug-likeness (QED) is 0.465. The van der Waals surface area contributed by atoms with Crippen LogP contribution in [0.4, 0.5) is 23.2 Å². The zero-order chi connectivity index (χ0) is 21.6. The van der Waals surface area contributed by atoms with Crippen molar-refractivity contribution in [2.45, 2.75) is 38.3 Å². The fourth-order valence-electron chi connectivity index (χ4n) is 3.87. The van der Waals surface area contributed by atoms with Crippen molar-refractivity contribution in [1.29, 1.82) is 0 Å². The Morgan fingerprint density at radius 2 is 1.90 bits per heavy atom. The van der Waals surface area contributed by atoms with Crippen LogP contribution in [0.5, 0.6) is 0 Å². The lowest BCUT2D eigenvalue weighted by atomic mass is 9.82. The fraction of sp³-hybridized carbons (Fsp3) is 0.333. The summed E-state index contributed by atoms with van der Waals surface area (Å²) in [5, 5.41) is 9.21. The number of H-pyrrole nitrogens is 1. The number of anilines is 1. The summed E-state index contributed by atoms with van der Waals surface area (Å²) in [4.78, 5) is 20.9. The van der Waals surface area contributed by atoms with E-state index in [0.717, 1.165) is 17.6 Å².